The van der Waals surface area contributed by atoms with Crippen LogP contribution in [0.1, 0.15) is 38.2 Å². The van der Waals surface area contributed by atoms with Crippen molar-refractivity contribution >= 4 is 5.91 Å². The molecule has 1 aromatic rings. The van der Waals surface area contributed by atoms with Crippen LogP contribution >= 0.6 is 0 Å². The minimum Gasteiger partial charge on any atom is -0.347 e. The van der Waals surface area contributed by atoms with Gasteiger partial charge in [-0.1, -0.05) is 37.3 Å². The van der Waals surface area contributed by atoms with E-state index in [0.29, 0.717) is 5.92 Å². The van der Waals surface area contributed by atoms with Crippen molar-refractivity contribution in [3.8, 4) is 0 Å². The maximum absolute atomic E-state index is 12.4. The summed E-state index contributed by atoms with van der Waals surface area (Å²) in [5.74, 6) is -1.27. The molecule has 1 aliphatic rings. The largest absolute Gasteiger partial charge is 0.471 e. The van der Waals surface area contributed by atoms with Gasteiger partial charge in [-0.05, 0) is 37.2 Å². The van der Waals surface area contributed by atoms with Crippen molar-refractivity contribution in [2.75, 3.05) is 6.54 Å². The van der Waals surface area contributed by atoms with E-state index in [-0.39, 0.29) is 12.0 Å². The monoisotopic (exact) mass is 299 g/mol. The summed E-state index contributed by atoms with van der Waals surface area (Å²) in [7, 11) is 0. The van der Waals surface area contributed by atoms with Gasteiger partial charge in [-0.2, -0.15) is 13.2 Å². The van der Waals surface area contributed by atoms with E-state index < -0.39 is 12.1 Å². The molecule has 2 rings (SSSR count). The molecule has 1 aliphatic carbocycles. The second kappa shape index (κ2) is 6.08. The van der Waals surface area contributed by atoms with Gasteiger partial charge in [0.15, 0.2) is 0 Å². The van der Waals surface area contributed by atoms with Crippen LogP contribution in [0.3, 0.4) is 0 Å². The Balaban J connectivity index is 2.16. The molecule has 0 saturated heterocycles. The Morgan fingerprint density at radius 2 is 1.81 bits per heavy atom. The molecule has 0 heterocycles. The first-order chi connectivity index (χ1) is 9.83. The van der Waals surface area contributed by atoms with E-state index in [9.17, 15) is 18.0 Å². The summed E-state index contributed by atoms with van der Waals surface area (Å²) in [5, 5.41) is 2.08. The van der Waals surface area contributed by atoms with E-state index in [1.54, 1.807) is 0 Å². The van der Waals surface area contributed by atoms with Crippen molar-refractivity contribution in [3.05, 3.63) is 35.9 Å². The highest BCUT2D eigenvalue weighted by Crippen LogP contribution is 2.41. The number of hydrogen-bond donors (Lipinski definition) is 1. The normalized spacial score (nSPS) is 26.4. The maximum atomic E-state index is 12.4. The van der Waals surface area contributed by atoms with E-state index in [2.05, 4.69) is 12.2 Å². The average Bonchev–Trinajstić information content (AvgIpc) is 2.47. The lowest BCUT2D eigenvalue weighted by atomic mass is 9.67. The number of benzene rings is 1. The third kappa shape index (κ3) is 3.77. The number of halogens is 3. The summed E-state index contributed by atoms with van der Waals surface area (Å²) in [6.07, 6.45) is -1.28. The number of hydrogen-bond acceptors (Lipinski definition) is 1. The van der Waals surface area contributed by atoms with Gasteiger partial charge in [0, 0.05) is 12.0 Å². The summed E-state index contributed by atoms with van der Waals surface area (Å²) in [6.45, 7) is 2.20. The standard InChI is InChI=1S/C16H20F3NO/c1-12-7-9-15(10-8-12,13-5-3-2-4-6-13)11-20-14(21)16(17,18)19/h2-6,12H,7-11H2,1H3,(H,20,21). The molecule has 1 saturated carbocycles. The van der Waals surface area contributed by atoms with Crippen molar-refractivity contribution in [2.24, 2.45) is 5.92 Å². The van der Waals surface area contributed by atoms with Crippen LogP contribution in [0.25, 0.3) is 0 Å². The molecular formula is C16H20F3NO. The van der Waals surface area contributed by atoms with Gasteiger partial charge < -0.3 is 5.32 Å². The Hall–Kier alpha value is -1.52. The predicted molar refractivity (Wildman–Crippen MR) is 74.8 cm³/mol. The highest BCUT2D eigenvalue weighted by molar-refractivity contribution is 5.81. The quantitative estimate of drug-likeness (QED) is 0.903. The van der Waals surface area contributed by atoms with Gasteiger partial charge in [-0.3, -0.25) is 4.79 Å². The molecule has 116 valence electrons. The summed E-state index contributed by atoms with van der Waals surface area (Å²) in [4.78, 5) is 11.1. The van der Waals surface area contributed by atoms with Crippen molar-refractivity contribution in [3.63, 3.8) is 0 Å². The SMILES string of the molecule is CC1CCC(CNC(=O)C(F)(F)F)(c2ccccc2)CC1. The van der Waals surface area contributed by atoms with Crippen molar-refractivity contribution in [1.29, 1.82) is 0 Å². The molecule has 0 unspecified atom stereocenters. The van der Waals surface area contributed by atoms with E-state index in [1.807, 2.05) is 30.3 Å². The highest BCUT2D eigenvalue weighted by Gasteiger charge is 2.42. The van der Waals surface area contributed by atoms with Gasteiger partial charge >= 0.3 is 12.1 Å². The van der Waals surface area contributed by atoms with E-state index in [0.717, 1.165) is 31.2 Å². The first-order valence-corrected chi connectivity index (χ1v) is 7.24. The number of nitrogens with one attached hydrogen (secondary N) is 1. The Labute approximate surface area is 122 Å². The number of carbonyl (C=O) groups excluding carboxylic acids is 1. The number of amides is 1. The summed E-state index contributed by atoms with van der Waals surface area (Å²) in [6, 6.07) is 9.55. The van der Waals surface area contributed by atoms with Crippen LogP contribution < -0.4 is 5.32 Å². The fourth-order valence-electron chi connectivity index (χ4n) is 3.02. The number of alkyl halides is 3. The van der Waals surface area contributed by atoms with Crippen LogP contribution in [0.4, 0.5) is 13.2 Å². The van der Waals surface area contributed by atoms with Gasteiger partial charge in [-0.15, -0.1) is 0 Å². The van der Waals surface area contributed by atoms with Crippen LogP contribution in [-0.4, -0.2) is 18.6 Å². The van der Waals surface area contributed by atoms with E-state index in [1.165, 1.54) is 0 Å². The average molecular weight is 299 g/mol. The molecule has 2 nitrogen and oxygen atoms in total. The summed E-state index contributed by atoms with van der Waals surface area (Å²) < 4.78 is 37.1. The van der Waals surface area contributed by atoms with Crippen molar-refractivity contribution in [1.82, 2.24) is 5.32 Å². The van der Waals surface area contributed by atoms with E-state index >= 15 is 0 Å². The summed E-state index contributed by atoms with van der Waals surface area (Å²) >= 11 is 0. The Bertz CT molecular complexity index is 476. The third-order valence-corrected chi connectivity index (χ3v) is 4.46. The molecule has 21 heavy (non-hydrogen) atoms. The topological polar surface area (TPSA) is 29.1 Å². The maximum Gasteiger partial charge on any atom is 0.471 e. The van der Waals surface area contributed by atoms with Gasteiger partial charge in [-0.25, -0.2) is 0 Å². The molecule has 5 heteroatoms. The Morgan fingerprint density at radius 1 is 1.24 bits per heavy atom. The zero-order chi connectivity index (χ0) is 15.5. The molecule has 0 aromatic heterocycles. The van der Waals surface area contributed by atoms with Crippen LogP contribution in [0.15, 0.2) is 30.3 Å². The van der Waals surface area contributed by atoms with E-state index in [4.69, 9.17) is 0 Å². The molecule has 0 bridgehead atoms. The lowest BCUT2D eigenvalue weighted by Gasteiger charge is -2.40. The zero-order valence-corrected chi connectivity index (χ0v) is 12.0. The second-order valence-electron chi connectivity index (χ2n) is 6.01. The van der Waals surface area contributed by atoms with Gasteiger partial charge in [0.05, 0.1) is 0 Å². The summed E-state index contributed by atoms with van der Waals surface area (Å²) in [5.41, 5.74) is 0.633. The minimum atomic E-state index is -4.82. The molecule has 0 spiro atoms. The highest BCUT2D eigenvalue weighted by atomic mass is 19.4. The Morgan fingerprint density at radius 3 is 2.33 bits per heavy atom. The zero-order valence-electron chi connectivity index (χ0n) is 12.0. The first kappa shape index (κ1) is 15.9. The molecule has 0 atom stereocenters. The van der Waals surface area contributed by atoms with Crippen LogP contribution in [0, 0.1) is 5.92 Å². The van der Waals surface area contributed by atoms with Crippen LogP contribution in [-0.2, 0) is 10.2 Å². The molecule has 1 amide bonds. The molecular weight excluding hydrogens is 279 g/mol. The van der Waals surface area contributed by atoms with Gasteiger partial charge in [0.1, 0.15) is 0 Å². The molecule has 1 aromatic carbocycles. The van der Waals surface area contributed by atoms with Crippen LogP contribution in [0.2, 0.25) is 0 Å². The van der Waals surface area contributed by atoms with Gasteiger partial charge in [0.2, 0.25) is 0 Å². The molecule has 0 radical (unpaired) electrons. The van der Waals surface area contributed by atoms with Crippen LogP contribution in [0.5, 0.6) is 0 Å². The van der Waals surface area contributed by atoms with Gasteiger partial charge in [0.25, 0.3) is 0 Å². The fraction of sp³-hybridized carbons (Fsp3) is 0.562. The van der Waals surface area contributed by atoms with Crippen molar-refractivity contribution in [2.45, 2.75) is 44.2 Å². The molecule has 0 aliphatic heterocycles. The first-order valence-electron chi connectivity index (χ1n) is 7.24. The van der Waals surface area contributed by atoms with Crippen molar-refractivity contribution < 1.29 is 18.0 Å². The fourth-order valence-corrected chi connectivity index (χ4v) is 3.02. The second-order valence-corrected chi connectivity index (χ2v) is 6.01. The Kier molecular flexibility index (Phi) is 4.59. The molecule has 1 N–H and O–H groups in total. The lowest BCUT2D eigenvalue weighted by Crippen LogP contribution is -2.46. The third-order valence-electron chi connectivity index (χ3n) is 4.46. The molecule has 1 fully saturated rings. The number of carbonyl (C=O) groups is 1. The smallest absolute Gasteiger partial charge is 0.347 e. The lowest BCUT2D eigenvalue weighted by molar-refractivity contribution is -0.173. The minimum absolute atomic E-state index is 0.0437. The predicted octanol–water partition coefficient (Wildman–Crippen LogP) is 3.81. The number of rotatable bonds is 3.